The second-order valence-corrected chi connectivity index (χ2v) is 6.19. The first-order valence-electron chi connectivity index (χ1n) is 5.60. The summed E-state index contributed by atoms with van der Waals surface area (Å²) < 4.78 is 0.921. The van der Waals surface area contributed by atoms with E-state index in [1.165, 1.54) is 11.8 Å². The summed E-state index contributed by atoms with van der Waals surface area (Å²) in [6, 6.07) is 10.0. The Morgan fingerprint density at radius 2 is 2.11 bits per heavy atom. The van der Waals surface area contributed by atoms with Crippen LogP contribution < -0.4 is 5.32 Å². The van der Waals surface area contributed by atoms with Crippen LogP contribution in [-0.2, 0) is 4.79 Å². The summed E-state index contributed by atoms with van der Waals surface area (Å²) in [4.78, 5) is 16.0. The van der Waals surface area contributed by atoms with Crippen LogP contribution in [0.5, 0.6) is 0 Å². The molecule has 1 aromatic heterocycles. The third-order valence-electron chi connectivity index (χ3n) is 2.45. The van der Waals surface area contributed by atoms with E-state index >= 15 is 0 Å². The van der Waals surface area contributed by atoms with Crippen LogP contribution in [0.2, 0.25) is 0 Å². The third kappa shape index (κ3) is 3.11. The number of nitrogens with zero attached hydrogens (tertiary/aromatic N) is 1. The molecule has 5 heteroatoms. The number of benzene rings is 1. The summed E-state index contributed by atoms with van der Waals surface area (Å²) in [5.41, 5.74) is 2.07. The molecular formula is C13H14N2OS2. The standard InChI is InChI=1S/C13H14N2OS2/c1-9(12(16)14-2)18-13-15-11(8-17-13)10-6-4-3-5-7-10/h3-9H,1-2H3,(H,14,16). The summed E-state index contributed by atoms with van der Waals surface area (Å²) in [6.45, 7) is 1.88. The van der Waals surface area contributed by atoms with Gasteiger partial charge in [0.25, 0.3) is 0 Å². The van der Waals surface area contributed by atoms with Gasteiger partial charge in [-0.3, -0.25) is 4.79 Å². The minimum absolute atomic E-state index is 0.0245. The molecule has 1 aromatic carbocycles. The molecule has 0 saturated heterocycles. The average molecular weight is 278 g/mol. The number of rotatable bonds is 4. The van der Waals surface area contributed by atoms with Crippen molar-refractivity contribution in [3.05, 3.63) is 35.7 Å². The molecule has 1 atom stereocenters. The molecule has 0 radical (unpaired) electrons. The predicted molar refractivity (Wildman–Crippen MR) is 76.9 cm³/mol. The lowest BCUT2D eigenvalue weighted by molar-refractivity contribution is -0.119. The highest BCUT2D eigenvalue weighted by Crippen LogP contribution is 2.30. The van der Waals surface area contributed by atoms with Crippen LogP contribution in [0.3, 0.4) is 0 Å². The second kappa shape index (κ2) is 6.02. The Hall–Kier alpha value is -1.33. The molecule has 1 amide bonds. The van der Waals surface area contributed by atoms with Gasteiger partial charge >= 0.3 is 0 Å². The van der Waals surface area contributed by atoms with Crippen LogP contribution in [0.4, 0.5) is 0 Å². The number of thioether (sulfide) groups is 1. The van der Waals surface area contributed by atoms with E-state index in [2.05, 4.69) is 10.3 Å². The van der Waals surface area contributed by atoms with Gasteiger partial charge in [0.15, 0.2) is 4.34 Å². The van der Waals surface area contributed by atoms with E-state index in [0.29, 0.717) is 0 Å². The van der Waals surface area contributed by atoms with Crippen LogP contribution in [0.1, 0.15) is 6.92 Å². The van der Waals surface area contributed by atoms with Crippen LogP contribution in [0.25, 0.3) is 11.3 Å². The van der Waals surface area contributed by atoms with Gasteiger partial charge < -0.3 is 5.32 Å². The van der Waals surface area contributed by atoms with E-state index in [9.17, 15) is 4.79 Å². The first-order chi connectivity index (χ1) is 8.70. The van der Waals surface area contributed by atoms with Crippen molar-refractivity contribution in [3.63, 3.8) is 0 Å². The number of aromatic nitrogens is 1. The zero-order valence-corrected chi connectivity index (χ0v) is 11.8. The van der Waals surface area contributed by atoms with Crippen LogP contribution in [-0.4, -0.2) is 23.2 Å². The Balaban J connectivity index is 2.09. The monoisotopic (exact) mass is 278 g/mol. The molecule has 18 heavy (non-hydrogen) atoms. The van der Waals surface area contributed by atoms with E-state index in [0.717, 1.165) is 15.6 Å². The van der Waals surface area contributed by atoms with Gasteiger partial charge in [0.2, 0.25) is 5.91 Å². The first kappa shape index (κ1) is 13.1. The molecule has 0 spiro atoms. The summed E-state index contributed by atoms with van der Waals surface area (Å²) in [5.74, 6) is 0.0245. The molecule has 3 nitrogen and oxygen atoms in total. The Morgan fingerprint density at radius 1 is 1.39 bits per heavy atom. The molecule has 1 heterocycles. The van der Waals surface area contributed by atoms with Gasteiger partial charge in [0.1, 0.15) is 0 Å². The van der Waals surface area contributed by atoms with E-state index in [4.69, 9.17) is 0 Å². The van der Waals surface area contributed by atoms with Crippen molar-refractivity contribution in [3.8, 4) is 11.3 Å². The van der Waals surface area contributed by atoms with Gasteiger partial charge in [0.05, 0.1) is 10.9 Å². The molecule has 2 rings (SSSR count). The SMILES string of the molecule is CNC(=O)C(C)Sc1nc(-c2ccccc2)cs1. The number of carbonyl (C=O) groups is 1. The lowest BCUT2D eigenvalue weighted by atomic mass is 10.2. The molecule has 0 fully saturated rings. The van der Waals surface area contributed by atoms with Gasteiger partial charge in [-0.15, -0.1) is 11.3 Å². The summed E-state index contributed by atoms with van der Waals surface area (Å²) in [7, 11) is 1.65. The van der Waals surface area contributed by atoms with E-state index in [1.807, 2.05) is 42.6 Å². The number of nitrogens with one attached hydrogen (secondary N) is 1. The smallest absolute Gasteiger partial charge is 0.233 e. The molecule has 0 aliphatic rings. The Morgan fingerprint density at radius 3 is 2.78 bits per heavy atom. The number of thiazole rings is 1. The zero-order chi connectivity index (χ0) is 13.0. The van der Waals surface area contributed by atoms with Crippen molar-refractivity contribution in [2.75, 3.05) is 7.05 Å². The number of hydrogen-bond acceptors (Lipinski definition) is 4. The first-order valence-corrected chi connectivity index (χ1v) is 7.36. The van der Waals surface area contributed by atoms with E-state index in [1.54, 1.807) is 18.4 Å². The van der Waals surface area contributed by atoms with Gasteiger partial charge in [-0.05, 0) is 6.92 Å². The highest BCUT2D eigenvalue weighted by atomic mass is 32.2. The molecule has 94 valence electrons. The molecule has 0 aliphatic carbocycles. The van der Waals surface area contributed by atoms with Crippen molar-refractivity contribution in [1.82, 2.24) is 10.3 Å². The fourth-order valence-corrected chi connectivity index (χ4v) is 3.49. The normalized spacial score (nSPS) is 12.1. The Kier molecular flexibility index (Phi) is 4.38. The Bertz CT molecular complexity index is 525. The van der Waals surface area contributed by atoms with Crippen molar-refractivity contribution in [2.45, 2.75) is 16.5 Å². The maximum absolute atomic E-state index is 11.4. The number of hydrogen-bond donors (Lipinski definition) is 1. The minimum atomic E-state index is -0.121. The Labute approximate surface area is 115 Å². The molecule has 0 bridgehead atoms. The second-order valence-electron chi connectivity index (χ2n) is 3.74. The molecule has 0 aliphatic heterocycles. The fraction of sp³-hybridized carbons (Fsp3) is 0.231. The van der Waals surface area contributed by atoms with Crippen molar-refractivity contribution < 1.29 is 4.79 Å². The molecule has 0 saturated carbocycles. The van der Waals surface area contributed by atoms with Gasteiger partial charge in [-0.1, -0.05) is 42.1 Å². The lowest BCUT2D eigenvalue weighted by Gasteiger charge is -2.06. The molecular weight excluding hydrogens is 264 g/mol. The number of amides is 1. The summed E-state index contributed by atoms with van der Waals surface area (Å²) in [5, 5.41) is 4.54. The van der Waals surface area contributed by atoms with Crippen molar-refractivity contribution in [2.24, 2.45) is 0 Å². The lowest BCUT2D eigenvalue weighted by Crippen LogP contribution is -2.27. The van der Waals surface area contributed by atoms with Crippen LogP contribution in [0.15, 0.2) is 40.1 Å². The van der Waals surface area contributed by atoms with Gasteiger partial charge in [-0.2, -0.15) is 0 Å². The van der Waals surface area contributed by atoms with E-state index < -0.39 is 0 Å². The van der Waals surface area contributed by atoms with Crippen molar-refractivity contribution in [1.29, 1.82) is 0 Å². The average Bonchev–Trinajstić information content (AvgIpc) is 2.87. The quantitative estimate of drug-likeness (QED) is 0.874. The number of carbonyl (C=O) groups excluding carboxylic acids is 1. The van der Waals surface area contributed by atoms with Crippen LogP contribution >= 0.6 is 23.1 Å². The zero-order valence-electron chi connectivity index (χ0n) is 10.2. The highest BCUT2D eigenvalue weighted by Gasteiger charge is 2.15. The molecule has 1 N–H and O–H groups in total. The molecule has 2 aromatic rings. The third-order valence-corrected chi connectivity index (χ3v) is 4.52. The summed E-state index contributed by atoms with van der Waals surface area (Å²) in [6.07, 6.45) is 0. The van der Waals surface area contributed by atoms with Gasteiger partial charge in [-0.25, -0.2) is 4.98 Å². The largest absolute Gasteiger partial charge is 0.358 e. The highest BCUT2D eigenvalue weighted by molar-refractivity contribution is 8.02. The fourth-order valence-electron chi connectivity index (χ4n) is 1.46. The van der Waals surface area contributed by atoms with E-state index in [-0.39, 0.29) is 11.2 Å². The van der Waals surface area contributed by atoms with Gasteiger partial charge in [0, 0.05) is 18.0 Å². The maximum Gasteiger partial charge on any atom is 0.233 e. The molecule has 1 unspecified atom stereocenters. The predicted octanol–water partition coefficient (Wildman–Crippen LogP) is 3.04. The minimum Gasteiger partial charge on any atom is -0.358 e. The maximum atomic E-state index is 11.4. The van der Waals surface area contributed by atoms with Crippen molar-refractivity contribution >= 4 is 29.0 Å². The summed E-state index contributed by atoms with van der Waals surface area (Å²) >= 11 is 3.06. The topological polar surface area (TPSA) is 42.0 Å². The van der Waals surface area contributed by atoms with Crippen LogP contribution in [0, 0.1) is 0 Å².